The zero-order valence-corrected chi connectivity index (χ0v) is 18.0. The van der Waals surface area contributed by atoms with Gasteiger partial charge in [-0.05, 0) is 36.8 Å². The van der Waals surface area contributed by atoms with Crippen molar-refractivity contribution in [3.63, 3.8) is 0 Å². The maximum absolute atomic E-state index is 12.3. The molecule has 0 aliphatic carbocycles. The number of piperazine rings is 1. The predicted octanol–water partition coefficient (Wildman–Crippen LogP) is 2.53. The lowest BCUT2D eigenvalue weighted by Gasteiger charge is -2.36. The van der Waals surface area contributed by atoms with Gasteiger partial charge in [0, 0.05) is 26.2 Å². The maximum atomic E-state index is 12.3. The lowest BCUT2D eigenvalue weighted by molar-refractivity contribution is -0.125. The summed E-state index contributed by atoms with van der Waals surface area (Å²) in [7, 11) is 1.55. The minimum Gasteiger partial charge on any atom is -0.495 e. The number of ether oxygens (including phenoxy) is 1. The summed E-state index contributed by atoms with van der Waals surface area (Å²) in [4.78, 5) is 28.8. The van der Waals surface area contributed by atoms with E-state index in [-0.39, 0.29) is 24.9 Å². The molecule has 2 amide bonds. The Kier molecular flexibility index (Phi) is 7.54. The van der Waals surface area contributed by atoms with E-state index in [9.17, 15) is 9.59 Å². The quantitative estimate of drug-likeness (QED) is 0.706. The van der Waals surface area contributed by atoms with Crippen LogP contribution in [0.25, 0.3) is 0 Å². The van der Waals surface area contributed by atoms with Crippen molar-refractivity contribution in [2.45, 2.75) is 6.92 Å². The van der Waals surface area contributed by atoms with Gasteiger partial charge in [-0.2, -0.15) is 0 Å². The SMILES string of the molecule is COc1ccc(C)cc1NC(=O)CNC(=O)CN1CCN(c2ccccc2Cl)CC1. The first-order chi connectivity index (χ1) is 14.5. The smallest absolute Gasteiger partial charge is 0.243 e. The second-order valence-electron chi connectivity index (χ2n) is 7.24. The molecule has 2 aromatic rings. The van der Waals surface area contributed by atoms with E-state index in [1.807, 2.05) is 43.3 Å². The molecule has 30 heavy (non-hydrogen) atoms. The molecule has 1 heterocycles. The summed E-state index contributed by atoms with van der Waals surface area (Å²) in [5, 5.41) is 6.20. The highest BCUT2D eigenvalue weighted by Gasteiger charge is 2.20. The van der Waals surface area contributed by atoms with Crippen LogP contribution in [0.3, 0.4) is 0 Å². The summed E-state index contributed by atoms with van der Waals surface area (Å²) >= 11 is 6.27. The molecule has 1 aliphatic heterocycles. The number of nitrogens with one attached hydrogen (secondary N) is 2. The second kappa shape index (κ2) is 10.3. The van der Waals surface area contributed by atoms with E-state index < -0.39 is 0 Å². The van der Waals surface area contributed by atoms with Gasteiger partial charge in [0.05, 0.1) is 36.6 Å². The van der Waals surface area contributed by atoms with E-state index in [4.69, 9.17) is 16.3 Å². The van der Waals surface area contributed by atoms with Gasteiger partial charge in [0.1, 0.15) is 5.75 Å². The average Bonchev–Trinajstić information content (AvgIpc) is 2.73. The average molecular weight is 431 g/mol. The highest BCUT2D eigenvalue weighted by Crippen LogP contribution is 2.26. The molecule has 3 rings (SSSR count). The number of nitrogens with zero attached hydrogens (tertiary/aromatic N) is 2. The lowest BCUT2D eigenvalue weighted by Crippen LogP contribution is -2.50. The maximum Gasteiger partial charge on any atom is 0.243 e. The van der Waals surface area contributed by atoms with Crippen LogP contribution in [0.4, 0.5) is 11.4 Å². The van der Waals surface area contributed by atoms with Crippen LogP contribution in [-0.4, -0.2) is 63.1 Å². The van der Waals surface area contributed by atoms with Gasteiger partial charge in [-0.1, -0.05) is 29.8 Å². The summed E-state index contributed by atoms with van der Waals surface area (Å²) in [5.41, 5.74) is 2.62. The van der Waals surface area contributed by atoms with E-state index in [2.05, 4.69) is 20.4 Å². The molecule has 0 saturated carbocycles. The third kappa shape index (κ3) is 5.87. The van der Waals surface area contributed by atoms with Gasteiger partial charge in [-0.25, -0.2) is 0 Å². The zero-order valence-electron chi connectivity index (χ0n) is 17.3. The van der Waals surface area contributed by atoms with Crippen molar-refractivity contribution >= 4 is 34.8 Å². The summed E-state index contributed by atoms with van der Waals surface area (Å²) in [5.74, 6) is 0.111. The molecule has 0 atom stereocenters. The van der Waals surface area contributed by atoms with Crippen LogP contribution in [0.1, 0.15) is 5.56 Å². The minimum absolute atomic E-state index is 0.0878. The zero-order chi connectivity index (χ0) is 21.5. The van der Waals surface area contributed by atoms with Gasteiger partial charge < -0.3 is 20.3 Å². The van der Waals surface area contributed by atoms with Crippen LogP contribution >= 0.6 is 11.6 Å². The molecular formula is C22H27ClN4O3. The Morgan fingerprint density at radius 1 is 1.07 bits per heavy atom. The number of halogens is 1. The Morgan fingerprint density at radius 3 is 2.50 bits per heavy atom. The fraction of sp³-hybridized carbons (Fsp3) is 0.364. The Morgan fingerprint density at radius 2 is 1.80 bits per heavy atom. The summed E-state index contributed by atoms with van der Waals surface area (Å²) in [6.45, 7) is 5.21. The number of carbonyl (C=O) groups excluding carboxylic acids is 2. The van der Waals surface area contributed by atoms with Crippen molar-refractivity contribution in [1.29, 1.82) is 0 Å². The van der Waals surface area contributed by atoms with E-state index in [0.717, 1.165) is 42.5 Å². The van der Waals surface area contributed by atoms with Gasteiger partial charge in [0.15, 0.2) is 0 Å². The second-order valence-corrected chi connectivity index (χ2v) is 7.65. The molecule has 8 heteroatoms. The predicted molar refractivity (Wildman–Crippen MR) is 119 cm³/mol. The third-order valence-electron chi connectivity index (χ3n) is 5.01. The van der Waals surface area contributed by atoms with Crippen molar-refractivity contribution in [1.82, 2.24) is 10.2 Å². The topological polar surface area (TPSA) is 73.9 Å². The number of amides is 2. The van der Waals surface area contributed by atoms with E-state index in [1.165, 1.54) is 0 Å². The first kappa shape index (κ1) is 21.9. The number of benzene rings is 2. The molecule has 1 saturated heterocycles. The Labute approximate surface area is 181 Å². The number of rotatable bonds is 7. The third-order valence-corrected chi connectivity index (χ3v) is 5.33. The number of hydrogen-bond acceptors (Lipinski definition) is 5. The molecule has 1 aliphatic rings. The van der Waals surface area contributed by atoms with Crippen LogP contribution < -0.4 is 20.3 Å². The molecule has 0 unspecified atom stereocenters. The Hall–Kier alpha value is -2.77. The molecule has 1 fully saturated rings. The van der Waals surface area contributed by atoms with E-state index in [0.29, 0.717) is 11.4 Å². The van der Waals surface area contributed by atoms with Crippen molar-refractivity contribution in [2.75, 3.05) is 56.6 Å². The lowest BCUT2D eigenvalue weighted by atomic mass is 10.2. The Balaban J connectivity index is 1.42. The number of methoxy groups -OCH3 is 1. The highest BCUT2D eigenvalue weighted by atomic mass is 35.5. The summed E-state index contributed by atoms with van der Waals surface area (Å²) in [6, 6.07) is 13.3. The van der Waals surface area contributed by atoms with Crippen LogP contribution in [0.5, 0.6) is 5.75 Å². The summed E-state index contributed by atoms with van der Waals surface area (Å²) < 4.78 is 5.25. The van der Waals surface area contributed by atoms with E-state index in [1.54, 1.807) is 13.2 Å². The van der Waals surface area contributed by atoms with Gasteiger partial charge in [-0.3, -0.25) is 14.5 Å². The van der Waals surface area contributed by atoms with E-state index >= 15 is 0 Å². The number of hydrogen-bond donors (Lipinski definition) is 2. The normalized spacial score (nSPS) is 14.3. The molecular weight excluding hydrogens is 404 g/mol. The number of aryl methyl sites for hydroxylation is 1. The van der Waals surface area contributed by atoms with Gasteiger partial charge in [0.25, 0.3) is 0 Å². The fourth-order valence-electron chi connectivity index (χ4n) is 3.41. The van der Waals surface area contributed by atoms with Crippen molar-refractivity contribution < 1.29 is 14.3 Å². The van der Waals surface area contributed by atoms with Crippen molar-refractivity contribution in [2.24, 2.45) is 0 Å². The van der Waals surface area contributed by atoms with Gasteiger partial charge in [-0.15, -0.1) is 0 Å². The first-order valence-electron chi connectivity index (χ1n) is 9.89. The van der Waals surface area contributed by atoms with Crippen LogP contribution in [0.2, 0.25) is 5.02 Å². The standard InChI is InChI=1S/C22H27ClN4O3/c1-16-7-8-20(30-2)18(13-16)25-21(28)14-24-22(29)15-26-9-11-27(12-10-26)19-6-4-3-5-17(19)23/h3-8,13H,9-12,14-15H2,1-2H3,(H,24,29)(H,25,28). The largest absolute Gasteiger partial charge is 0.495 e. The van der Waals surface area contributed by atoms with Gasteiger partial charge >= 0.3 is 0 Å². The molecule has 0 spiro atoms. The molecule has 0 bridgehead atoms. The fourth-order valence-corrected chi connectivity index (χ4v) is 3.66. The van der Waals surface area contributed by atoms with Crippen LogP contribution in [0.15, 0.2) is 42.5 Å². The molecule has 2 N–H and O–H groups in total. The number of para-hydroxylation sites is 1. The number of carbonyl (C=O) groups is 2. The monoisotopic (exact) mass is 430 g/mol. The molecule has 160 valence electrons. The Bertz CT molecular complexity index is 898. The molecule has 7 nitrogen and oxygen atoms in total. The highest BCUT2D eigenvalue weighted by molar-refractivity contribution is 6.33. The van der Waals surface area contributed by atoms with Crippen LogP contribution in [-0.2, 0) is 9.59 Å². The number of anilines is 2. The molecule has 2 aromatic carbocycles. The van der Waals surface area contributed by atoms with Crippen molar-refractivity contribution in [3.05, 3.63) is 53.1 Å². The molecule has 0 aromatic heterocycles. The van der Waals surface area contributed by atoms with Crippen molar-refractivity contribution in [3.8, 4) is 5.75 Å². The van der Waals surface area contributed by atoms with Gasteiger partial charge in [0.2, 0.25) is 11.8 Å². The first-order valence-corrected chi connectivity index (χ1v) is 10.3. The minimum atomic E-state index is -0.296. The van der Waals surface area contributed by atoms with Crippen LogP contribution in [0, 0.1) is 6.92 Å². The molecule has 0 radical (unpaired) electrons. The summed E-state index contributed by atoms with van der Waals surface area (Å²) in [6.07, 6.45) is 0.